The molecule has 0 saturated heterocycles. The van der Waals surface area contributed by atoms with Crippen molar-refractivity contribution in [2.45, 2.75) is 0 Å². The van der Waals surface area contributed by atoms with E-state index in [-0.39, 0.29) is 5.91 Å². The Morgan fingerprint density at radius 2 is 1.72 bits per heavy atom. The summed E-state index contributed by atoms with van der Waals surface area (Å²) in [7, 11) is 4.96. The van der Waals surface area contributed by atoms with Gasteiger partial charge in [-0.1, -0.05) is 6.58 Å². The van der Waals surface area contributed by atoms with Crippen molar-refractivity contribution in [3.63, 3.8) is 0 Å². The van der Waals surface area contributed by atoms with Crippen molar-refractivity contribution < 1.29 is 14.3 Å². The zero-order valence-electron chi connectivity index (χ0n) is 10.8. The van der Waals surface area contributed by atoms with Gasteiger partial charge in [0, 0.05) is 20.2 Å². The van der Waals surface area contributed by atoms with Crippen molar-refractivity contribution in [2.24, 2.45) is 0 Å². The first-order valence-corrected chi connectivity index (χ1v) is 5.43. The van der Waals surface area contributed by atoms with Gasteiger partial charge in [-0.3, -0.25) is 4.79 Å². The molecule has 1 rings (SSSR count). The summed E-state index contributed by atoms with van der Waals surface area (Å²) in [6.45, 7) is 3.71. The van der Waals surface area contributed by atoms with Crippen LogP contribution in [0.15, 0.2) is 48.8 Å². The molecule has 96 valence electrons. The van der Waals surface area contributed by atoms with Crippen LogP contribution in [0.25, 0.3) is 0 Å². The molecule has 1 aromatic carbocycles. The largest absolute Gasteiger partial charge is 0.497 e. The van der Waals surface area contributed by atoms with Crippen LogP contribution in [0, 0.1) is 0 Å². The molecule has 0 aliphatic heterocycles. The van der Waals surface area contributed by atoms with E-state index in [1.54, 1.807) is 45.5 Å². The van der Waals surface area contributed by atoms with Gasteiger partial charge in [0.25, 0.3) is 0 Å². The Labute approximate surface area is 107 Å². The minimum Gasteiger partial charge on any atom is -0.497 e. The quantitative estimate of drug-likeness (QED) is 0.455. The first-order chi connectivity index (χ1) is 8.52. The van der Waals surface area contributed by atoms with Gasteiger partial charge in [0.05, 0.1) is 7.11 Å². The molecule has 0 saturated carbocycles. The molecule has 18 heavy (non-hydrogen) atoms. The van der Waals surface area contributed by atoms with Gasteiger partial charge in [0.15, 0.2) is 0 Å². The topological polar surface area (TPSA) is 38.8 Å². The third-order valence-corrected chi connectivity index (χ3v) is 2.16. The second-order valence-corrected chi connectivity index (χ2v) is 3.81. The van der Waals surface area contributed by atoms with Gasteiger partial charge in [-0.25, -0.2) is 0 Å². The lowest BCUT2D eigenvalue weighted by Crippen LogP contribution is -2.18. The van der Waals surface area contributed by atoms with Crippen LogP contribution in [0.5, 0.6) is 11.5 Å². The van der Waals surface area contributed by atoms with Crippen molar-refractivity contribution in [3.05, 3.63) is 48.8 Å². The molecule has 0 heterocycles. The summed E-state index contributed by atoms with van der Waals surface area (Å²) < 4.78 is 10.5. The second-order valence-electron chi connectivity index (χ2n) is 3.81. The number of likely N-dealkylation sites (N-methyl/N-ethyl adjacent to an activating group) is 1. The Kier molecular flexibility index (Phi) is 4.99. The third-order valence-electron chi connectivity index (χ3n) is 2.16. The maximum Gasteiger partial charge on any atom is 0.246 e. The summed E-state index contributed by atoms with van der Waals surface area (Å²) in [5, 5.41) is 0. The van der Waals surface area contributed by atoms with E-state index in [2.05, 4.69) is 6.58 Å². The number of hydrogen-bond acceptors (Lipinski definition) is 3. The van der Waals surface area contributed by atoms with E-state index >= 15 is 0 Å². The van der Waals surface area contributed by atoms with E-state index in [0.717, 1.165) is 5.75 Å². The number of allylic oxidation sites excluding steroid dienone is 1. The molecule has 4 nitrogen and oxygen atoms in total. The number of carbonyl (C=O) groups is 1. The van der Waals surface area contributed by atoms with E-state index in [0.29, 0.717) is 11.5 Å². The summed E-state index contributed by atoms with van der Waals surface area (Å²) in [5.41, 5.74) is 0. The number of hydrogen-bond donors (Lipinski definition) is 0. The van der Waals surface area contributed by atoms with Gasteiger partial charge in [0.2, 0.25) is 5.91 Å². The molecule has 0 radical (unpaired) electrons. The average Bonchev–Trinajstić information content (AvgIpc) is 2.36. The molecule has 0 aliphatic rings. The molecular formula is C14H17NO3. The Balaban J connectivity index is 2.56. The van der Waals surface area contributed by atoms with Gasteiger partial charge >= 0.3 is 0 Å². The average molecular weight is 247 g/mol. The summed E-state index contributed by atoms with van der Waals surface area (Å²) in [5.74, 6) is 1.68. The van der Waals surface area contributed by atoms with Gasteiger partial charge in [0.1, 0.15) is 17.3 Å². The zero-order valence-corrected chi connectivity index (χ0v) is 10.8. The van der Waals surface area contributed by atoms with Gasteiger partial charge in [-0.15, -0.1) is 0 Å². The lowest BCUT2D eigenvalue weighted by Gasteiger charge is -2.07. The minimum atomic E-state index is -0.116. The predicted octanol–water partition coefficient (Wildman–Crippen LogP) is 2.23. The molecule has 0 aromatic heterocycles. The normalized spacial score (nSPS) is 10.2. The first kappa shape index (κ1) is 13.8. The van der Waals surface area contributed by atoms with E-state index in [4.69, 9.17) is 9.47 Å². The van der Waals surface area contributed by atoms with Gasteiger partial charge in [-0.05, 0) is 30.3 Å². The maximum atomic E-state index is 11.3. The van der Waals surface area contributed by atoms with Crippen molar-refractivity contribution in [2.75, 3.05) is 21.2 Å². The van der Waals surface area contributed by atoms with Crippen LogP contribution in [-0.2, 0) is 4.79 Å². The van der Waals surface area contributed by atoms with Crippen LogP contribution in [0.1, 0.15) is 0 Å². The Morgan fingerprint density at radius 3 is 2.22 bits per heavy atom. The molecule has 0 spiro atoms. The smallest absolute Gasteiger partial charge is 0.246 e. The Bertz CT molecular complexity index is 447. The van der Waals surface area contributed by atoms with Gasteiger partial charge < -0.3 is 14.4 Å². The van der Waals surface area contributed by atoms with E-state index < -0.39 is 0 Å². The standard InChI is InChI=1S/C14H17NO3/c1-11(5-10-14(16)15(2)3)18-13-8-6-12(17-4)7-9-13/h5-10H,1H2,2-4H3/b10-5+. The van der Waals surface area contributed by atoms with Crippen LogP contribution in [0.2, 0.25) is 0 Å². The third kappa shape index (κ3) is 4.33. The molecule has 0 aliphatic carbocycles. The highest BCUT2D eigenvalue weighted by Crippen LogP contribution is 2.18. The molecule has 0 atom stereocenters. The number of methoxy groups -OCH3 is 1. The highest BCUT2D eigenvalue weighted by atomic mass is 16.5. The lowest BCUT2D eigenvalue weighted by atomic mass is 10.3. The lowest BCUT2D eigenvalue weighted by molar-refractivity contribution is -0.123. The molecule has 0 fully saturated rings. The molecule has 0 N–H and O–H groups in total. The highest BCUT2D eigenvalue weighted by molar-refractivity contribution is 5.87. The number of benzene rings is 1. The first-order valence-electron chi connectivity index (χ1n) is 5.43. The number of amides is 1. The SMILES string of the molecule is C=C(/C=C/C(=O)N(C)C)Oc1ccc(OC)cc1. The summed E-state index contributed by atoms with van der Waals surface area (Å²) >= 11 is 0. The molecule has 1 amide bonds. The molecular weight excluding hydrogens is 230 g/mol. The number of nitrogens with zero attached hydrogens (tertiary/aromatic N) is 1. The van der Waals surface area contributed by atoms with Crippen LogP contribution < -0.4 is 9.47 Å². The van der Waals surface area contributed by atoms with Crippen LogP contribution in [0.3, 0.4) is 0 Å². The van der Waals surface area contributed by atoms with Crippen molar-refractivity contribution in [1.82, 2.24) is 4.90 Å². The summed E-state index contributed by atoms with van der Waals surface area (Å²) in [6.07, 6.45) is 2.94. The van der Waals surface area contributed by atoms with Crippen LogP contribution in [-0.4, -0.2) is 32.0 Å². The van der Waals surface area contributed by atoms with Crippen molar-refractivity contribution in [3.8, 4) is 11.5 Å². The monoisotopic (exact) mass is 247 g/mol. The molecule has 1 aromatic rings. The van der Waals surface area contributed by atoms with E-state index in [9.17, 15) is 4.79 Å². The fraction of sp³-hybridized carbons (Fsp3) is 0.214. The van der Waals surface area contributed by atoms with Crippen molar-refractivity contribution in [1.29, 1.82) is 0 Å². The highest BCUT2D eigenvalue weighted by Gasteiger charge is 1.99. The molecule has 0 bridgehead atoms. The fourth-order valence-corrected chi connectivity index (χ4v) is 1.14. The van der Waals surface area contributed by atoms with Crippen LogP contribution in [0.4, 0.5) is 0 Å². The minimum absolute atomic E-state index is 0.116. The molecule has 4 heteroatoms. The summed E-state index contributed by atoms with van der Waals surface area (Å²) in [6, 6.07) is 7.12. The summed E-state index contributed by atoms with van der Waals surface area (Å²) in [4.78, 5) is 12.8. The number of ether oxygens (including phenoxy) is 2. The maximum absolute atomic E-state index is 11.3. The van der Waals surface area contributed by atoms with E-state index in [1.807, 2.05) is 0 Å². The zero-order chi connectivity index (χ0) is 13.5. The second kappa shape index (κ2) is 6.49. The Morgan fingerprint density at radius 1 is 1.17 bits per heavy atom. The van der Waals surface area contributed by atoms with Crippen molar-refractivity contribution >= 4 is 5.91 Å². The fourth-order valence-electron chi connectivity index (χ4n) is 1.14. The van der Waals surface area contributed by atoms with Gasteiger partial charge in [-0.2, -0.15) is 0 Å². The predicted molar refractivity (Wildman–Crippen MR) is 70.6 cm³/mol. The van der Waals surface area contributed by atoms with Crippen LogP contribution >= 0.6 is 0 Å². The molecule has 0 unspecified atom stereocenters. The number of carbonyl (C=O) groups excluding carboxylic acids is 1. The Hall–Kier alpha value is -2.23. The number of rotatable bonds is 5. The van der Waals surface area contributed by atoms with E-state index in [1.165, 1.54) is 17.1 Å².